The number of halogens is 2. The molecule has 2 aromatic carbocycles. The molecule has 0 radical (unpaired) electrons. The molecule has 1 saturated heterocycles. The summed E-state index contributed by atoms with van der Waals surface area (Å²) in [7, 11) is 0. The summed E-state index contributed by atoms with van der Waals surface area (Å²) >= 11 is 0. The number of imidazole rings is 1. The molecule has 63 heavy (non-hydrogen) atoms. The third kappa shape index (κ3) is 6.34. The van der Waals surface area contributed by atoms with E-state index < -0.39 is 34.8 Å². The number of ether oxygens (including phenoxy) is 1. The molecule has 1 saturated carbocycles. The lowest BCUT2D eigenvalue weighted by atomic mass is 9.96. The van der Waals surface area contributed by atoms with Crippen LogP contribution in [0.15, 0.2) is 79.3 Å². The Hall–Kier alpha value is -7.02. The summed E-state index contributed by atoms with van der Waals surface area (Å²) in [5, 5.41) is 11.8. The lowest BCUT2D eigenvalue weighted by molar-refractivity contribution is 0.0696. The number of anilines is 1. The Balaban J connectivity index is 1.11. The van der Waals surface area contributed by atoms with E-state index in [1.165, 1.54) is 35.2 Å². The number of nitrogens with one attached hydrogen (secondary N) is 2. The van der Waals surface area contributed by atoms with E-state index in [9.17, 15) is 9.59 Å². The van der Waals surface area contributed by atoms with Crippen molar-refractivity contribution in [2.24, 2.45) is 16.6 Å². The van der Waals surface area contributed by atoms with Crippen LogP contribution in [0.4, 0.5) is 20.2 Å². The number of nitrogen functional groups attached to an aromatic ring is 1. The van der Waals surface area contributed by atoms with E-state index in [4.69, 9.17) is 41.1 Å². The van der Waals surface area contributed by atoms with Crippen LogP contribution < -0.4 is 22.9 Å². The SMILES string of the molecule is CC1C(C(=Nc2ccc(F)c3c2CCC3)n2ccn(-c3ccc(N)c(C=N)c3F)c2=O)=C(N)CCN1C(=O)c1cc2nc(C3CCOCC3)cnc2n1C1(c2noc(=O)[nH]2)CC1C. The van der Waals surface area contributed by atoms with Gasteiger partial charge in [0, 0.05) is 67.7 Å². The highest BCUT2D eigenvalue weighted by Gasteiger charge is 2.59. The van der Waals surface area contributed by atoms with Gasteiger partial charge in [-0.1, -0.05) is 12.1 Å². The number of rotatable bonds is 8. The number of fused-ring (bicyclic) bond motifs is 2. The molecule has 4 aromatic heterocycles. The second-order valence-corrected chi connectivity index (χ2v) is 16.8. The van der Waals surface area contributed by atoms with E-state index >= 15 is 13.6 Å². The number of nitrogens with zero attached hydrogens (tertiary/aromatic N) is 8. The van der Waals surface area contributed by atoms with Gasteiger partial charge in [-0.25, -0.2) is 33.3 Å². The van der Waals surface area contributed by atoms with E-state index in [0.29, 0.717) is 71.7 Å². The fourth-order valence-corrected chi connectivity index (χ4v) is 9.82. The Kier molecular flexibility index (Phi) is 9.61. The highest BCUT2D eigenvalue weighted by atomic mass is 19.1. The number of benzene rings is 2. The molecular weight excluding hydrogens is 815 g/mol. The van der Waals surface area contributed by atoms with Crippen LogP contribution >= 0.6 is 0 Å². The average Bonchev–Trinajstić information content (AvgIpc) is 3.85. The van der Waals surface area contributed by atoms with Crippen LogP contribution in [0.3, 0.4) is 0 Å². The second kappa shape index (κ2) is 15.1. The monoisotopic (exact) mass is 858 g/mol. The molecule has 17 nitrogen and oxygen atoms in total. The topological polar surface area (TPSA) is 234 Å². The summed E-state index contributed by atoms with van der Waals surface area (Å²) in [6, 6.07) is 6.58. The standard InChI is InChI=1S/C44H44F2N12O5/c1-22-19-44(22,41-53-42(60)63-54-41)58-35(18-32-38(58)50-21-33(51-32)24-11-16-62-17-12-24)40(59)55-13-10-30(49)36(23(55)2)39(52-31-8-6-28(45)25-4-3-5-26(25)31)57-15-14-56(43(57)61)34-9-7-29(48)27(20-47)37(34)46/h6-9,14-15,18,20-24,47H,3-5,10-13,16-17,19,48-49H2,1-2H3,(H,53,54,60). The number of hydrogen-bond donors (Lipinski definition) is 4. The number of nitrogens with two attached hydrogens (primary N) is 2. The van der Waals surface area contributed by atoms with Crippen molar-refractivity contribution in [1.82, 2.24) is 38.7 Å². The second-order valence-electron chi connectivity index (χ2n) is 16.8. The number of carbonyl (C=O) groups is 1. The van der Waals surface area contributed by atoms with E-state index in [1.54, 1.807) is 30.2 Å². The zero-order chi connectivity index (χ0) is 43.9. The van der Waals surface area contributed by atoms with Gasteiger partial charge >= 0.3 is 11.4 Å². The highest BCUT2D eigenvalue weighted by molar-refractivity contribution is 6.05. The van der Waals surface area contributed by atoms with Gasteiger partial charge in [0.1, 0.15) is 28.4 Å². The van der Waals surface area contributed by atoms with E-state index in [2.05, 4.69) is 10.1 Å². The minimum absolute atomic E-state index is 0.0339. The van der Waals surface area contributed by atoms with Crippen LogP contribution in [0.1, 0.15) is 90.6 Å². The predicted molar refractivity (Wildman–Crippen MR) is 228 cm³/mol. The normalized spacial score (nSPS) is 21.7. The van der Waals surface area contributed by atoms with Gasteiger partial charge in [-0.2, -0.15) is 0 Å². The number of hydrogen-bond acceptors (Lipinski definition) is 12. The Labute approximate surface area is 357 Å². The number of aliphatic imine (C=N–C) groups is 1. The van der Waals surface area contributed by atoms with Crippen LogP contribution in [0, 0.1) is 23.0 Å². The van der Waals surface area contributed by atoms with Crippen molar-refractivity contribution < 1.29 is 22.8 Å². The van der Waals surface area contributed by atoms with Crippen molar-refractivity contribution in [3.05, 3.63) is 127 Å². The first-order valence-electron chi connectivity index (χ1n) is 21.0. The van der Waals surface area contributed by atoms with Crippen molar-refractivity contribution in [2.75, 3.05) is 25.5 Å². The van der Waals surface area contributed by atoms with Gasteiger partial charge in [0.15, 0.2) is 17.3 Å². The molecule has 3 unspecified atom stereocenters. The molecule has 1 amide bonds. The summed E-state index contributed by atoms with van der Waals surface area (Å²) < 4.78 is 45.6. The van der Waals surface area contributed by atoms with Gasteiger partial charge in [0.25, 0.3) is 5.91 Å². The Morgan fingerprint density at radius 1 is 1.06 bits per heavy atom. The minimum atomic E-state index is -0.981. The quantitative estimate of drug-likeness (QED) is 0.0927. The van der Waals surface area contributed by atoms with E-state index in [0.717, 1.165) is 35.7 Å². The molecule has 6 heterocycles. The van der Waals surface area contributed by atoms with Crippen molar-refractivity contribution in [3.8, 4) is 5.69 Å². The summed E-state index contributed by atoms with van der Waals surface area (Å²) in [6.07, 6.45) is 9.42. The van der Waals surface area contributed by atoms with Gasteiger partial charge in [0.05, 0.1) is 34.9 Å². The van der Waals surface area contributed by atoms with Crippen LogP contribution in [-0.2, 0) is 23.1 Å². The Morgan fingerprint density at radius 3 is 2.57 bits per heavy atom. The molecule has 19 heteroatoms. The number of aromatic amines is 1. The fourth-order valence-electron chi connectivity index (χ4n) is 9.82. The Morgan fingerprint density at radius 2 is 1.84 bits per heavy atom. The average molecular weight is 859 g/mol. The molecule has 0 spiro atoms. The molecule has 2 aliphatic heterocycles. The van der Waals surface area contributed by atoms with Gasteiger partial charge < -0.3 is 31.1 Å². The maximum absolute atomic E-state index is 15.8. The molecule has 6 aromatic rings. The van der Waals surface area contributed by atoms with Gasteiger partial charge in [-0.05, 0) is 92.8 Å². The van der Waals surface area contributed by atoms with Crippen molar-refractivity contribution in [3.63, 3.8) is 0 Å². The highest BCUT2D eigenvalue weighted by Crippen LogP contribution is 2.55. The van der Waals surface area contributed by atoms with E-state index in [1.807, 2.05) is 11.5 Å². The zero-order valence-electron chi connectivity index (χ0n) is 34.5. The lowest BCUT2D eigenvalue weighted by Gasteiger charge is -2.37. The smallest absolute Gasteiger partial charge is 0.402 e. The lowest BCUT2D eigenvalue weighted by Crippen LogP contribution is -2.49. The number of amides is 1. The molecule has 4 aliphatic rings. The van der Waals surface area contributed by atoms with E-state index in [-0.39, 0.29) is 64.9 Å². The van der Waals surface area contributed by atoms with Crippen LogP contribution in [-0.4, -0.2) is 82.5 Å². The summed E-state index contributed by atoms with van der Waals surface area (Å²) in [5.74, 6) is -1.97. The van der Waals surface area contributed by atoms with Crippen LogP contribution in [0.5, 0.6) is 0 Å². The first kappa shape index (κ1) is 40.1. The molecule has 6 N–H and O–H groups in total. The van der Waals surface area contributed by atoms with Gasteiger partial charge in [0.2, 0.25) is 0 Å². The largest absolute Gasteiger partial charge is 0.438 e. The Bertz CT molecular complexity index is 3060. The van der Waals surface area contributed by atoms with Gasteiger partial charge in [-0.3, -0.25) is 23.4 Å². The first-order valence-corrected chi connectivity index (χ1v) is 21.0. The molecular formula is C44H44F2N12O5. The molecule has 324 valence electrons. The van der Waals surface area contributed by atoms with Crippen molar-refractivity contribution >= 4 is 40.5 Å². The summed E-state index contributed by atoms with van der Waals surface area (Å²) in [5.41, 5.74) is 15.2. The van der Waals surface area contributed by atoms with Crippen molar-refractivity contribution in [1.29, 1.82) is 5.41 Å². The number of aromatic nitrogens is 7. The summed E-state index contributed by atoms with van der Waals surface area (Å²) in [4.78, 5) is 61.6. The number of H-pyrrole nitrogens is 1. The molecule has 2 fully saturated rings. The van der Waals surface area contributed by atoms with Gasteiger partial charge in [-0.15, -0.1) is 0 Å². The molecule has 10 rings (SSSR count). The van der Waals surface area contributed by atoms with Crippen LogP contribution in [0.2, 0.25) is 0 Å². The van der Waals surface area contributed by atoms with Crippen molar-refractivity contribution in [2.45, 2.75) is 76.3 Å². The molecule has 3 atom stereocenters. The molecule has 2 aliphatic carbocycles. The third-order valence-corrected chi connectivity index (χ3v) is 13.3. The maximum atomic E-state index is 15.8. The first-order chi connectivity index (χ1) is 30.4. The third-order valence-electron chi connectivity index (χ3n) is 13.3. The maximum Gasteiger partial charge on any atom is 0.438 e. The van der Waals surface area contributed by atoms with Crippen LogP contribution in [0.25, 0.3) is 16.9 Å². The summed E-state index contributed by atoms with van der Waals surface area (Å²) in [6.45, 7) is 5.18. The fraction of sp³-hybridized carbons (Fsp3) is 0.364. The minimum Gasteiger partial charge on any atom is -0.402 e. The predicted octanol–water partition coefficient (Wildman–Crippen LogP) is 4.81. The zero-order valence-corrected chi connectivity index (χ0v) is 34.5. The molecule has 0 bridgehead atoms. The number of carbonyl (C=O) groups excluding carboxylic acids is 1.